The van der Waals surface area contributed by atoms with E-state index in [4.69, 9.17) is 0 Å². The lowest BCUT2D eigenvalue weighted by atomic mass is 9.88. The van der Waals surface area contributed by atoms with Gasteiger partial charge in [-0.2, -0.15) is 11.8 Å². The highest BCUT2D eigenvalue weighted by Crippen LogP contribution is 2.38. The molecule has 1 aliphatic rings. The van der Waals surface area contributed by atoms with E-state index in [9.17, 15) is 8.42 Å². The van der Waals surface area contributed by atoms with E-state index in [1.54, 1.807) is 6.07 Å². The molecule has 1 saturated carbocycles. The van der Waals surface area contributed by atoms with E-state index in [1.165, 1.54) is 30.6 Å². The van der Waals surface area contributed by atoms with Crippen molar-refractivity contribution in [3.8, 4) is 0 Å². The predicted octanol–water partition coefficient (Wildman–Crippen LogP) is 2.81. The van der Waals surface area contributed by atoms with E-state index < -0.39 is 10.0 Å². The zero-order valence-corrected chi connectivity index (χ0v) is 15.1. The van der Waals surface area contributed by atoms with Crippen molar-refractivity contribution in [1.82, 2.24) is 10.0 Å². The molecule has 0 atom stereocenters. The molecule has 1 aromatic heterocycles. The molecule has 0 unspecified atom stereocenters. The Morgan fingerprint density at radius 2 is 2.05 bits per heavy atom. The number of hydrogen-bond acceptors (Lipinski definition) is 5. The standard InChI is InChI=1S/C14H24N2O2S3/c1-15-9-12-8-13(20-10-12)21(17,18)16-11-14(19-2)6-4-3-5-7-14/h8,10,15-16H,3-7,9,11H2,1-2H3. The van der Waals surface area contributed by atoms with Crippen molar-refractivity contribution in [3.63, 3.8) is 0 Å². The molecule has 1 aliphatic carbocycles. The highest BCUT2D eigenvalue weighted by molar-refractivity contribution is 8.00. The van der Waals surface area contributed by atoms with Crippen LogP contribution in [0.1, 0.15) is 37.7 Å². The molecular formula is C14H24N2O2S3. The van der Waals surface area contributed by atoms with Crippen LogP contribution in [0.3, 0.4) is 0 Å². The average molecular weight is 349 g/mol. The van der Waals surface area contributed by atoms with Crippen molar-refractivity contribution >= 4 is 33.1 Å². The van der Waals surface area contributed by atoms with Gasteiger partial charge in [-0.1, -0.05) is 19.3 Å². The quantitative estimate of drug-likeness (QED) is 0.795. The third-order valence-corrected chi connectivity index (χ3v) is 8.37. The SMILES string of the molecule is CNCc1csc(S(=O)(=O)NCC2(SC)CCCCC2)c1. The van der Waals surface area contributed by atoms with Gasteiger partial charge in [0.15, 0.2) is 0 Å². The Morgan fingerprint density at radius 1 is 1.33 bits per heavy atom. The molecule has 1 fully saturated rings. The molecule has 2 rings (SSSR count). The highest BCUT2D eigenvalue weighted by atomic mass is 32.2. The molecule has 1 heterocycles. The molecule has 0 bridgehead atoms. The summed E-state index contributed by atoms with van der Waals surface area (Å²) in [6.45, 7) is 1.23. The summed E-state index contributed by atoms with van der Waals surface area (Å²) in [6.07, 6.45) is 7.98. The van der Waals surface area contributed by atoms with Crippen LogP contribution < -0.4 is 10.0 Å². The molecule has 4 nitrogen and oxygen atoms in total. The molecule has 120 valence electrons. The van der Waals surface area contributed by atoms with Crippen LogP contribution in [0, 0.1) is 0 Å². The van der Waals surface area contributed by atoms with Gasteiger partial charge in [0.1, 0.15) is 4.21 Å². The van der Waals surface area contributed by atoms with Crippen molar-refractivity contribution in [2.24, 2.45) is 0 Å². The fourth-order valence-corrected chi connectivity index (χ4v) is 6.12. The Hall–Kier alpha value is -0.0800. The summed E-state index contributed by atoms with van der Waals surface area (Å²) >= 11 is 3.10. The highest BCUT2D eigenvalue weighted by Gasteiger charge is 2.32. The van der Waals surface area contributed by atoms with E-state index in [0.29, 0.717) is 17.3 Å². The average Bonchev–Trinajstić information content (AvgIpc) is 2.96. The smallest absolute Gasteiger partial charge is 0.250 e. The molecule has 2 N–H and O–H groups in total. The van der Waals surface area contributed by atoms with Crippen molar-refractivity contribution in [3.05, 3.63) is 17.0 Å². The van der Waals surface area contributed by atoms with Crippen molar-refractivity contribution in [2.75, 3.05) is 19.8 Å². The van der Waals surface area contributed by atoms with E-state index in [0.717, 1.165) is 18.4 Å². The fraction of sp³-hybridized carbons (Fsp3) is 0.714. The summed E-state index contributed by atoms with van der Waals surface area (Å²) in [4.78, 5) is 0. The van der Waals surface area contributed by atoms with Crippen LogP contribution in [0.5, 0.6) is 0 Å². The zero-order chi connectivity index (χ0) is 15.3. The van der Waals surface area contributed by atoms with Gasteiger partial charge in [-0.25, -0.2) is 13.1 Å². The van der Waals surface area contributed by atoms with E-state index in [2.05, 4.69) is 16.3 Å². The second-order valence-electron chi connectivity index (χ2n) is 5.58. The minimum Gasteiger partial charge on any atom is -0.316 e. The second-order valence-corrected chi connectivity index (χ2v) is 9.76. The first kappa shape index (κ1) is 17.3. The minimum atomic E-state index is -3.38. The molecular weight excluding hydrogens is 324 g/mol. The van der Waals surface area contributed by atoms with Crippen molar-refractivity contribution in [1.29, 1.82) is 0 Å². The Kier molecular flexibility index (Phi) is 6.14. The monoisotopic (exact) mass is 348 g/mol. The van der Waals surface area contributed by atoms with Crippen LogP contribution in [0.25, 0.3) is 0 Å². The second kappa shape index (κ2) is 7.46. The summed E-state index contributed by atoms with van der Waals surface area (Å²) < 4.78 is 28.2. The largest absolute Gasteiger partial charge is 0.316 e. The van der Waals surface area contributed by atoms with Gasteiger partial charge in [0, 0.05) is 17.8 Å². The van der Waals surface area contributed by atoms with Crippen LogP contribution in [0.2, 0.25) is 0 Å². The topological polar surface area (TPSA) is 58.2 Å². The number of rotatable bonds is 7. The van der Waals surface area contributed by atoms with Crippen LogP contribution >= 0.6 is 23.1 Å². The zero-order valence-electron chi connectivity index (χ0n) is 12.6. The first-order valence-corrected chi connectivity index (χ1v) is 10.9. The fourth-order valence-electron chi connectivity index (χ4n) is 2.74. The molecule has 1 aromatic rings. The van der Waals surface area contributed by atoms with Gasteiger partial charge in [0.25, 0.3) is 0 Å². The van der Waals surface area contributed by atoms with Crippen LogP contribution in [0.4, 0.5) is 0 Å². The molecule has 0 saturated heterocycles. The van der Waals surface area contributed by atoms with Crippen LogP contribution in [-0.2, 0) is 16.6 Å². The number of hydrogen-bond donors (Lipinski definition) is 2. The third-order valence-electron chi connectivity index (χ3n) is 4.06. The Morgan fingerprint density at radius 3 is 2.67 bits per heavy atom. The lowest BCUT2D eigenvalue weighted by molar-refractivity contribution is 0.395. The van der Waals surface area contributed by atoms with E-state index in [-0.39, 0.29) is 4.75 Å². The predicted molar refractivity (Wildman–Crippen MR) is 91.6 cm³/mol. The number of thioether (sulfide) groups is 1. The minimum absolute atomic E-state index is 0.0797. The normalized spacial score (nSPS) is 18.8. The summed E-state index contributed by atoms with van der Waals surface area (Å²) in [7, 11) is -1.52. The number of thiophene rings is 1. The molecule has 0 radical (unpaired) electrons. The summed E-state index contributed by atoms with van der Waals surface area (Å²) in [5.41, 5.74) is 1.01. The number of nitrogens with one attached hydrogen (secondary N) is 2. The van der Waals surface area contributed by atoms with E-state index in [1.807, 2.05) is 24.2 Å². The molecule has 0 aromatic carbocycles. The van der Waals surface area contributed by atoms with Crippen molar-refractivity contribution in [2.45, 2.75) is 47.6 Å². The molecule has 0 aliphatic heterocycles. The van der Waals surface area contributed by atoms with Gasteiger partial charge >= 0.3 is 0 Å². The number of sulfonamides is 1. The maximum atomic E-state index is 12.4. The van der Waals surface area contributed by atoms with Gasteiger partial charge in [-0.05, 0) is 43.2 Å². The Labute approximate surface area is 136 Å². The van der Waals surface area contributed by atoms with Crippen molar-refractivity contribution < 1.29 is 8.42 Å². The van der Waals surface area contributed by atoms with Gasteiger partial charge in [0.05, 0.1) is 0 Å². The molecule has 21 heavy (non-hydrogen) atoms. The Bertz CT molecular complexity index is 548. The maximum absolute atomic E-state index is 12.4. The van der Waals surface area contributed by atoms with Gasteiger partial charge in [-0.15, -0.1) is 11.3 Å². The first-order valence-electron chi connectivity index (χ1n) is 7.28. The maximum Gasteiger partial charge on any atom is 0.250 e. The van der Waals surface area contributed by atoms with Gasteiger partial charge in [-0.3, -0.25) is 0 Å². The van der Waals surface area contributed by atoms with Gasteiger partial charge < -0.3 is 5.32 Å². The Balaban J connectivity index is 2.02. The molecule has 0 amide bonds. The first-order chi connectivity index (χ1) is 10.0. The molecule has 7 heteroatoms. The van der Waals surface area contributed by atoms with Crippen LogP contribution in [-0.4, -0.2) is 33.0 Å². The van der Waals surface area contributed by atoms with Gasteiger partial charge in [0.2, 0.25) is 10.0 Å². The van der Waals surface area contributed by atoms with Crippen LogP contribution in [0.15, 0.2) is 15.7 Å². The summed E-state index contributed by atoms with van der Waals surface area (Å²) in [5.74, 6) is 0. The lowest BCUT2D eigenvalue weighted by Crippen LogP contribution is -2.41. The lowest BCUT2D eigenvalue weighted by Gasteiger charge is -2.35. The van der Waals surface area contributed by atoms with E-state index >= 15 is 0 Å². The molecule has 0 spiro atoms. The summed E-state index contributed by atoms with van der Waals surface area (Å²) in [6, 6.07) is 1.76. The summed E-state index contributed by atoms with van der Waals surface area (Å²) in [5, 5.41) is 4.93. The third kappa shape index (κ3) is 4.45.